The Labute approximate surface area is 201 Å². The molecule has 0 aliphatic carbocycles. The number of unbranched alkanes of at least 4 members (excludes halogenated alkanes) is 3. The fourth-order valence-corrected chi connectivity index (χ4v) is 5.51. The Morgan fingerprint density at radius 1 is 1.18 bits per heavy atom. The maximum absolute atomic E-state index is 11.1. The van der Waals surface area contributed by atoms with Crippen molar-refractivity contribution < 1.29 is 14.7 Å². The predicted molar refractivity (Wildman–Crippen MR) is 132 cm³/mol. The van der Waals surface area contributed by atoms with Gasteiger partial charge in [-0.05, 0) is 31.4 Å². The summed E-state index contributed by atoms with van der Waals surface area (Å²) in [6.07, 6.45) is 7.02. The molecule has 178 valence electrons. The Hall–Kier alpha value is -3.08. The Bertz CT molecular complexity index is 1280. The van der Waals surface area contributed by atoms with Crippen molar-refractivity contribution in [2.24, 2.45) is 0 Å². The molecule has 1 saturated heterocycles. The second-order valence-electron chi connectivity index (χ2n) is 8.48. The predicted octanol–water partition coefficient (Wildman–Crippen LogP) is 4.07. The highest BCUT2D eigenvalue weighted by molar-refractivity contribution is 7.19. The number of benzene rings is 1. The number of hydroxylamine groups is 1. The molecule has 10 heteroatoms. The Kier molecular flexibility index (Phi) is 6.98. The van der Waals surface area contributed by atoms with Gasteiger partial charge in [0.1, 0.15) is 0 Å². The van der Waals surface area contributed by atoms with Crippen LogP contribution in [0.1, 0.15) is 37.0 Å². The summed E-state index contributed by atoms with van der Waals surface area (Å²) in [5.74, 6) is 1.38. The summed E-state index contributed by atoms with van der Waals surface area (Å²) in [6, 6.07) is 8.25. The molecule has 0 radical (unpaired) electrons. The van der Waals surface area contributed by atoms with Crippen LogP contribution < -0.4 is 10.4 Å². The number of H-pyrrole nitrogens is 1. The van der Waals surface area contributed by atoms with Crippen LogP contribution in [0.15, 0.2) is 30.5 Å². The van der Waals surface area contributed by atoms with E-state index in [2.05, 4.69) is 21.2 Å². The first kappa shape index (κ1) is 22.7. The van der Waals surface area contributed by atoms with E-state index in [4.69, 9.17) is 19.9 Å². The number of aryl methyl sites for hydroxylation is 1. The molecule has 9 nitrogen and oxygen atoms in total. The Balaban J connectivity index is 1.40. The average molecular weight is 481 g/mol. The molecular formula is C24H28N6O3S. The minimum atomic E-state index is -0.319. The molecule has 3 aromatic heterocycles. The second-order valence-corrected chi connectivity index (χ2v) is 9.62. The maximum atomic E-state index is 11.1. The first-order valence-corrected chi connectivity index (χ1v) is 12.5. The minimum absolute atomic E-state index is 0.319. The smallest absolute Gasteiger partial charge is 0.243 e. The number of nitrogens with one attached hydrogen (secondary N) is 2. The fraction of sp³-hybridized carbons (Fsp3) is 0.417. The van der Waals surface area contributed by atoms with Crippen LogP contribution >= 0.6 is 11.3 Å². The zero-order chi connectivity index (χ0) is 23.3. The Morgan fingerprint density at radius 2 is 2.03 bits per heavy atom. The molecule has 4 aromatic rings. The lowest BCUT2D eigenvalue weighted by Crippen LogP contribution is -2.36. The van der Waals surface area contributed by atoms with Crippen molar-refractivity contribution in [3.05, 3.63) is 35.3 Å². The number of hydrogen-bond acceptors (Lipinski definition) is 8. The van der Waals surface area contributed by atoms with Crippen LogP contribution in [0.25, 0.3) is 32.5 Å². The van der Waals surface area contributed by atoms with E-state index in [-0.39, 0.29) is 5.91 Å². The van der Waals surface area contributed by atoms with Gasteiger partial charge in [-0.25, -0.2) is 15.4 Å². The van der Waals surface area contributed by atoms with Gasteiger partial charge in [-0.2, -0.15) is 5.10 Å². The van der Waals surface area contributed by atoms with Crippen LogP contribution in [0.3, 0.4) is 0 Å². The van der Waals surface area contributed by atoms with Crippen molar-refractivity contribution in [1.29, 1.82) is 0 Å². The summed E-state index contributed by atoms with van der Waals surface area (Å²) in [4.78, 5) is 24.7. The number of nitrogens with zero attached hydrogens (tertiary/aromatic N) is 4. The number of fused-ring (bicyclic) bond motifs is 2. The fourth-order valence-electron chi connectivity index (χ4n) is 4.35. The largest absolute Gasteiger partial charge is 0.378 e. The van der Waals surface area contributed by atoms with Gasteiger partial charge in [0.25, 0.3) is 0 Å². The third-order valence-corrected chi connectivity index (χ3v) is 7.32. The highest BCUT2D eigenvalue weighted by Crippen LogP contribution is 2.36. The highest BCUT2D eigenvalue weighted by Gasteiger charge is 2.21. The van der Waals surface area contributed by atoms with Crippen molar-refractivity contribution in [1.82, 2.24) is 25.6 Å². The number of anilines is 1. The van der Waals surface area contributed by atoms with Gasteiger partial charge in [-0.3, -0.25) is 15.1 Å². The molecule has 34 heavy (non-hydrogen) atoms. The van der Waals surface area contributed by atoms with E-state index in [1.54, 1.807) is 16.8 Å². The van der Waals surface area contributed by atoms with Gasteiger partial charge in [0.2, 0.25) is 5.91 Å². The molecule has 1 aliphatic heterocycles. The second kappa shape index (κ2) is 10.5. The number of hydrogen-bond donors (Lipinski definition) is 3. The number of thiophene rings is 1. The van der Waals surface area contributed by atoms with E-state index in [1.807, 2.05) is 24.4 Å². The number of morpholine rings is 1. The average Bonchev–Trinajstić information content (AvgIpc) is 3.52. The van der Waals surface area contributed by atoms with Crippen molar-refractivity contribution in [2.75, 3.05) is 31.2 Å². The summed E-state index contributed by atoms with van der Waals surface area (Å²) in [5, 5.41) is 16.8. The van der Waals surface area contributed by atoms with Crippen LogP contribution in [-0.2, 0) is 16.0 Å². The van der Waals surface area contributed by atoms with Crippen molar-refractivity contribution in [3.8, 4) is 11.4 Å². The standard InChI is InChI=1S/C24H28N6O3S/c31-21(29-32)9-4-2-1-3-6-16-14-20-22(34-16)24(30-10-12-33-13-11-30)27-23(26-20)17-7-5-8-19-18(17)15-25-28-19/h5,7-8,14-15,32H,1-4,6,9-13H2,(H,25,28)(H,29,31). The van der Waals surface area contributed by atoms with E-state index in [9.17, 15) is 4.79 Å². The van der Waals surface area contributed by atoms with E-state index in [0.29, 0.717) is 25.5 Å². The molecular weight excluding hydrogens is 452 g/mol. The number of carbonyl (C=O) groups excluding carboxylic acids is 1. The lowest BCUT2D eigenvalue weighted by Gasteiger charge is -2.28. The van der Waals surface area contributed by atoms with E-state index in [0.717, 1.165) is 77.7 Å². The summed E-state index contributed by atoms with van der Waals surface area (Å²) in [7, 11) is 0. The number of aromatic nitrogens is 4. The molecule has 3 N–H and O–H groups in total. The number of aromatic amines is 1. The van der Waals surface area contributed by atoms with Gasteiger partial charge in [0.05, 0.1) is 35.1 Å². The summed E-state index contributed by atoms with van der Waals surface area (Å²) < 4.78 is 6.70. The molecule has 1 fully saturated rings. The van der Waals surface area contributed by atoms with Crippen molar-refractivity contribution in [2.45, 2.75) is 38.5 Å². The van der Waals surface area contributed by atoms with E-state index in [1.165, 1.54) is 4.88 Å². The van der Waals surface area contributed by atoms with Gasteiger partial charge in [0.15, 0.2) is 11.6 Å². The topological polar surface area (TPSA) is 116 Å². The number of ether oxygens (including phenoxy) is 1. The minimum Gasteiger partial charge on any atom is -0.378 e. The zero-order valence-corrected chi connectivity index (χ0v) is 19.7. The first-order valence-electron chi connectivity index (χ1n) is 11.7. The third-order valence-electron chi connectivity index (χ3n) is 6.14. The zero-order valence-electron chi connectivity index (χ0n) is 18.9. The molecule has 0 spiro atoms. The first-order chi connectivity index (χ1) is 16.7. The summed E-state index contributed by atoms with van der Waals surface area (Å²) in [6.45, 7) is 3.03. The summed E-state index contributed by atoms with van der Waals surface area (Å²) in [5.41, 5.74) is 4.61. The normalized spacial score (nSPS) is 14.2. The summed E-state index contributed by atoms with van der Waals surface area (Å²) >= 11 is 1.78. The third kappa shape index (κ3) is 4.89. The van der Waals surface area contributed by atoms with Gasteiger partial charge in [0, 0.05) is 35.3 Å². The van der Waals surface area contributed by atoms with Gasteiger partial charge >= 0.3 is 0 Å². The van der Waals surface area contributed by atoms with Gasteiger partial charge in [-0.1, -0.05) is 25.0 Å². The van der Waals surface area contributed by atoms with Crippen LogP contribution in [-0.4, -0.2) is 57.6 Å². The molecule has 0 saturated carbocycles. The lowest BCUT2D eigenvalue weighted by atomic mass is 10.1. The monoisotopic (exact) mass is 480 g/mol. The lowest BCUT2D eigenvalue weighted by molar-refractivity contribution is -0.129. The van der Waals surface area contributed by atoms with E-state index >= 15 is 0 Å². The van der Waals surface area contributed by atoms with Crippen LogP contribution in [0, 0.1) is 0 Å². The number of rotatable bonds is 9. The molecule has 1 amide bonds. The molecule has 4 heterocycles. The quantitative estimate of drug-likeness (QED) is 0.188. The molecule has 1 aromatic carbocycles. The van der Waals surface area contributed by atoms with Gasteiger partial charge < -0.3 is 9.64 Å². The molecule has 0 bridgehead atoms. The molecule has 0 atom stereocenters. The Morgan fingerprint density at radius 3 is 2.88 bits per heavy atom. The van der Waals surface area contributed by atoms with E-state index < -0.39 is 0 Å². The van der Waals surface area contributed by atoms with Crippen LogP contribution in [0.5, 0.6) is 0 Å². The molecule has 5 rings (SSSR count). The maximum Gasteiger partial charge on any atom is 0.243 e. The van der Waals surface area contributed by atoms with Crippen LogP contribution in [0.2, 0.25) is 0 Å². The number of amides is 1. The van der Waals surface area contributed by atoms with Crippen molar-refractivity contribution >= 4 is 44.2 Å². The number of carbonyl (C=O) groups is 1. The van der Waals surface area contributed by atoms with Crippen molar-refractivity contribution in [3.63, 3.8) is 0 Å². The van der Waals surface area contributed by atoms with Crippen LogP contribution in [0.4, 0.5) is 5.82 Å². The molecule has 1 aliphatic rings. The highest BCUT2D eigenvalue weighted by atomic mass is 32.1. The van der Waals surface area contributed by atoms with Gasteiger partial charge in [-0.15, -0.1) is 11.3 Å². The SMILES string of the molecule is O=C(CCCCCCc1cc2nc(-c3cccc4[nH]ncc34)nc(N3CCOCC3)c2s1)NO. The molecule has 0 unspecified atom stereocenters.